The van der Waals surface area contributed by atoms with Crippen LogP contribution < -0.4 is 10.6 Å². The average Bonchev–Trinajstić information content (AvgIpc) is 2.27. The van der Waals surface area contributed by atoms with Crippen molar-refractivity contribution in [1.82, 2.24) is 15.5 Å². The molecular weight excluding hydrogens is 262 g/mol. The molecule has 1 aliphatic rings. The van der Waals surface area contributed by atoms with Crippen molar-refractivity contribution in [2.24, 2.45) is 0 Å². The molecule has 5 nitrogen and oxygen atoms in total. The molecule has 1 atom stereocenters. The summed E-state index contributed by atoms with van der Waals surface area (Å²) in [5, 5.41) is 15.8. The number of rotatable bonds is 1. The van der Waals surface area contributed by atoms with Crippen molar-refractivity contribution in [2.45, 2.75) is 6.17 Å². The molecule has 0 aromatic heterocycles. The Morgan fingerprint density at radius 2 is 2.24 bits per heavy atom. The molecule has 0 saturated carbocycles. The fourth-order valence-corrected chi connectivity index (χ4v) is 1.97. The maximum atomic E-state index is 11.6. The number of phenols is 1. The van der Waals surface area contributed by atoms with E-state index in [-0.39, 0.29) is 16.9 Å². The standard InChI is InChI=1S/C10H10ClN3O2S/c1-14-8(12-9(17)13-10(14)16)6-4-5(11)2-3-7(6)15/h2-4,8,15H,1H3,(H2,12,13,16,17). The van der Waals surface area contributed by atoms with E-state index in [1.54, 1.807) is 19.2 Å². The van der Waals surface area contributed by atoms with Gasteiger partial charge in [0, 0.05) is 17.6 Å². The van der Waals surface area contributed by atoms with Crippen LogP contribution in [0.3, 0.4) is 0 Å². The fraction of sp³-hybridized carbons (Fsp3) is 0.200. The molecule has 1 fully saturated rings. The second kappa shape index (κ2) is 4.38. The van der Waals surface area contributed by atoms with Gasteiger partial charge in [-0.05, 0) is 30.4 Å². The van der Waals surface area contributed by atoms with Crippen LogP contribution in [0.15, 0.2) is 18.2 Å². The van der Waals surface area contributed by atoms with Gasteiger partial charge in [0.1, 0.15) is 11.9 Å². The maximum absolute atomic E-state index is 11.6. The Bertz CT molecular complexity index is 494. The van der Waals surface area contributed by atoms with E-state index in [4.69, 9.17) is 23.8 Å². The van der Waals surface area contributed by atoms with Gasteiger partial charge in [-0.2, -0.15) is 0 Å². The molecular formula is C10H10ClN3O2S. The van der Waals surface area contributed by atoms with Crippen LogP contribution >= 0.6 is 23.8 Å². The predicted molar refractivity (Wildman–Crippen MR) is 67.9 cm³/mol. The summed E-state index contributed by atoms with van der Waals surface area (Å²) >= 11 is 10.8. The number of hydrogen-bond donors (Lipinski definition) is 3. The molecule has 1 aromatic carbocycles. The van der Waals surface area contributed by atoms with Crippen LogP contribution in [0.1, 0.15) is 11.7 Å². The van der Waals surface area contributed by atoms with Gasteiger partial charge in [0.2, 0.25) is 0 Å². The number of benzene rings is 1. The highest BCUT2D eigenvalue weighted by Crippen LogP contribution is 2.29. The Hall–Kier alpha value is -1.53. The topological polar surface area (TPSA) is 64.6 Å². The summed E-state index contributed by atoms with van der Waals surface area (Å²) in [4.78, 5) is 12.9. The summed E-state index contributed by atoms with van der Waals surface area (Å²) in [6.45, 7) is 0. The van der Waals surface area contributed by atoms with Gasteiger partial charge >= 0.3 is 6.03 Å². The van der Waals surface area contributed by atoms with Crippen LogP contribution in [-0.4, -0.2) is 28.2 Å². The molecule has 1 aromatic rings. The van der Waals surface area contributed by atoms with Gasteiger partial charge in [-0.1, -0.05) is 11.6 Å². The third kappa shape index (κ3) is 2.27. The Morgan fingerprint density at radius 1 is 1.53 bits per heavy atom. The van der Waals surface area contributed by atoms with Crippen LogP contribution in [0.25, 0.3) is 0 Å². The van der Waals surface area contributed by atoms with Gasteiger partial charge in [0.05, 0.1) is 0 Å². The molecule has 2 rings (SSSR count). The first-order chi connectivity index (χ1) is 7.99. The minimum Gasteiger partial charge on any atom is -0.508 e. The largest absolute Gasteiger partial charge is 0.508 e. The van der Waals surface area contributed by atoms with Gasteiger partial charge in [0.15, 0.2) is 5.11 Å². The van der Waals surface area contributed by atoms with Crippen molar-refractivity contribution >= 4 is 35.0 Å². The fourth-order valence-electron chi connectivity index (χ4n) is 1.59. The smallest absolute Gasteiger partial charge is 0.325 e. The van der Waals surface area contributed by atoms with Crippen molar-refractivity contribution in [3.63, 3.8) is 0 Å². The van der Waals surface area contributed by atoms with E-state index in [0.29, 0.717) is 10.6 Å². The second-order valence-corrected chi connectivity index (χ2v) is 4.46. The summed E-state index contributed by atoms with van der Waals surface area (Å²) in [6, 6.07) is 4.30. The summed E-state index contributed by atoms with van der Waals surface area (Å²) in [5.74, 6) is 0.0521. The van der Waals surface area contributed by atoms with Crippen molar-refractivity contribution < 1.29 is 9.90 Å². The monoisotopic (exact) mass is 271 g/mol. The van der Waals surface area contributed by atoms with E-state index >= 15 is 0 Å². The highest BCUT2D eigenvalue weighted by atomic mass is 35.5. The quantitative estimate of drug-likeness (QED) is 0.679. The number of carbonyl (C=O) groups is 1. The number of halogens is 1. The number of amides is 2. The molecule has 17 heavy (non-hydrogen) atoms. The van der Waals surface area contributed by atoms with E-state index in [1.807, 2.05) is 0 Å². The van der Waals surface area contributed by atoms with Crippen LogP contribution in [0.5, 0.6) is 5.75 Å². The van der Waals surface area contributed by atoms with Crippen LogP contribution in [0.4, 0.5) is 4.79 Å². The highest BCUT2D eigenvalue weighted by Gasteiger charge is 2.29. The van der Waals surface area contributed by atoms with Crippen molar-refractivity contribution in [2.75, 3.05) is 7.05 Å². The molecule has 1 unspecified atom stereocenters. The summed E-state index contributed by atoms with van der Waals surface area (Å²) < 4.78 is 0. The SMILES string of the molecule is CN1C(=O)NC(=S)NC1c1cc(Cl)ccc1O. The van der Waals surface area contributed by atoms with E-state index in [0.717, 1.165) is 0 Å². The lowest BCUT2D eigenvalue weighted by Gasteiger charge is -2.35. The molecule has 0 aliphatic carbocycles. The molecule has 1 heterocycles. The minimum atomic E-state index is -0.532. The predicted octanol–water partition coefficient (Wildman–Crippen LogP) is 1.57. The summed E-state index contributed by atoms with van der Waals surface area (Å²) in [5.41, 5.74) is 0.497. The molecule has 3 N–H and O–H groups in total. The lowest BCUT2D eigenvalue weighted by Crippen LogP contribution is -2.57. The van der Waals surface area contributed by atoms with Crippen molar-refractivity contribution in [3.05, 3.63) is 28.8 Å². The number of urea groups is 1. The Labute approximate surface area is 108 Å². The molecule has 7 heteroatoms. The molecule has 2 amide bonds. The lowest BCUT2D eigenvalue weighted by molar-refractivity contribution is 0.181. The zero-order valence-electron chi connectivity index (χ0n) is 8.90. The number of thiocarbonyl (C=S) groups is 1. The molecule has 0 bridgehead atoms. The third-order valence-electron chi connectivity index (χ3n) is 2.48. The first-order valence-corrected chi connectivity index (χ1v) is 5.60. The third-order valence-corrected chi connectivity index (χ3v) is 2.94. The van der Waals surface area contributed by atoms with Gasteiger partial charge in [-0.15, -0.1) is 0 Å². The molecule has 1 aliphatic heterocycles. The zero-order chi connectivity index (χ0) is 12.6. The molecule has 1 saturated heterocycles. The van der Waals surface area contributed by atoms with Gasteiger partial charge in [-0.25, -0.2) is 4.79 Å². The normalized spacial score (nSPS) is 19.9. The van der Waals surface area contributed by atoms with E-state index in [1.165, 1.54) is 11.0 Å². The van der Waals surface area contributed by atoms with E-state index < -0.39 is 6.17 Å². The van der Waals surface area contributed by atoms with Crippen molar-refractivity contribution in [1.29, 1.82) is 0 Å². The van der Waals surface area contributed by atoms with Gasteiger partial charge < -0.3 is 15.3 Å². The van der Waals surface area contributed by atoms with Crippen LogP contribution in [0, 0.1) is 0 Å². The lowest BCUT2D eigenvalue weighted by atomic mass is 10.1. The highest BCUT2D eigenvalue weighted by molar-refractivity contribution is 7.80. The summed E-state index contributed by atoms with van der Waals surface area (Å²) in [6.07, 6.45) is -0.532. The molecule has 90 valence electrons. The van der Waals surface area contributed by atoms with E-state index in [2.05, 4.69) is 10.6 Å². The Kier molecular flexibility index (Phi) is 3.08. The summed E-state index contributed by atoms with van der Waals surface area (Å²) in [7, 11) is 1.59. The maximum Gasteiger partial charge on any atom is 0.325 e. The van der Waals surface area contributed by atoms with Crippen LogP contribution in [0.2, 0.25) is 5.02 Å². The van der Waals surface area contributed by atoms with Crippen LogP contribution in [-0.2, 0) is 0 Å². The minimum absolute atomic E-state index is 0.0521. The molecule has 0 spiro atoms. The van der Waals surface area contributed by atoms with Gasteiger partial charge in [0.25, 0.3) is 0 Å². The van der Waals surface area contributed by atoms with E-state index in [9.17, 15) is 9.90 Å². The van der Waals surface area contributed by atoms with Gasteiger partial charge in [-0.3, -0.25) is 5.32 Å². The number of carbonyl (C=O) groups excluding carboxylic acids is 1. The van der Waals surface area contributed by atoms with Crippen molar-refractivity contribution in [3.8, 4) is 5.75 Å². The second-order valence-electron chi connectivity index (χ2n) is 3.62. The Balaban J connectivity index is 2.40. The number of nitrogens with one attached hydrogen (secondary N) is 2. The number of aromatic hydroxyl groups is 1. The Morgan fingerprint density at radius 3 is 2.94 bits per heavy atom. The number of hydrogen-bond acceptors (Lipinski definition) is 3. The average molecular weight is 272 g/mol. The number of nitrogens with zero attached hydrogens (tertiary/aromatic N) is 1. The molecule has 0 radical (unpaired) electrons. The number of phenolic OH excluding ortho intramolecular Hbond substituents is 1. The zero-order valence-corrected chi connectivity index (χ0v) is 10.5. The first-order valence-electron chi connectivity index (χ1n) is 4.82. The first kappa shape index (κ1) is 11.9.